The van der Waals surface area contributed by atoms with Crippen molar-refractivity contribution in [2.75, 3.05) is 13.2 Å². The molecule has 1 aromatic carbocycles. The normalized spacial score (nSPS) is 13.4. The van der Waals surface area contributed by atoms with Crippen LogP contribution < -0.4 is 9.47 Å². The third-order valence-electron chi connectivity index (χ3n) is 2.63. The lowest BCUT2D eigenvalue weighted by atomic mass is 10.1. The SMILES string of the molecule is O=C(O)CCCc1cc2c(c(Br)c1F)OCCO2. The van der Waals surface area contributed by atoms with Crippen molar-refractivity contribution in [3.63, 3.8) is 0 Å². The molecular formula is C12H12BrFO4. The van der Waals surface area contributed by atoms with Crippen molar-refractivity contribution < 1.29 is 23.8 Å². The van der Waals surface area contributed by atoms with E-state index in [1.807, 2.05) is 0 Å². The van der Waals surface area contributed by atoms with Gasteiger partial charge in [0.2, 0.25) is 0 Å². The highest BCUT2D eigenvalue weighted by molar-refractivity contribution is 9.10. The third kappa shape index (κ3) is 2.75. The molecule has 98 valence electrons. The zero-order chi connectivity index (χ0) is 13.1. The summed E-state index contributed by atoms with van der Waals surface area (Å²) in [5.41, 5.74) is 0.437. The van der Waals surface area contributed by atoms with Crippen LogP contribution in [0.4, 0.5) is 4.39 Å². The lowest BCUT2D eigenvalue weighted by molar-refractivity contribution is -0.137. The first-order chi connectivity index (χ1) is 8.59. The minimum Gasteiger partial charge on any atom is -0.486 e. The van der Waals surface area contributed by atoms with Crippen molar-refractivity contribution in [3.8, 4) is 11.5 Å². The average Bonchev–Trinajstić information content (AvgIpc) is 2.35. The van der Waals surface area contributed by atoms with E-state index in [4.69, 9.17) is 14.6 Å². The molecule has 0 aromatic heterocycles. The monoisotopic (exact) mass is 318 g/mol. The van der Waals surface area contributed by atoms with E-state index in [9.17, 15) is 9.18 Å². The molecule has 18 heavy (non-hydrogen) atoms. The molecule has 1 aromatic rings. The molecule has 0 atom stereocenters. The molecule has 0 aliphatic carbocycles. The Morgan fingerprint density at radius 3 is 2.89 bits per heavy atom. The fourth-order valence-corrected chi connectivity index (χ4v) is 2.35. The molecule has 0 bridgehead atoms. The molecule has 0 radical (unpaired) electrons. The minimum atomic E-state index is -0.882. The van der Waals surface area contributed by atoms with Gasteiger partial charge in [0.15, 0.2) is 11.5 Å². The van der Waals surface area contributed by atoms with Crippen LogP contribution in [0.1, 0.15) is 18.4 Å². The van der Waals surface area contributed by atoms with Crippen LogP contribution in [0.5, 0.6) is 11.5 Å². The molecule has 1 heterocycles. The Labute approximate surface area is 112 Å². The van der Waals surface area contributed by atoms with Gasteiger partial charge in [-0.2, -0.15) is 0 Å². The Bertz CT molecular complexity index is 476. The van der Waals surface area contributed by atoms with E-state index < -0.39 is 11.8 Å². The molecule has 4 nitrogen and oxygen atoms in total. The van der Waals surface area contributed by atoms with Gasteiger partial charge in [0, 0.05) is 6.42 Å². The quantitative estimate of drug-likeness (QED) is 0.927. The summed E-state index contributed by atoms with van der Waals surface area (Å²) in [5.74, 6) is -0.419. The number of hydrogen-bond donors (Lipinski definition) is 1. The predicted molar refractivity (Wildman–Crippen MR) is 65.7 cm³/mol. The highest BCUT2D eigenvalue weighted by Crippen LogP contribution is 2.41. The first kappa shape index (κ1) is 13.1. The van der Waals surface area contributed by atoms with E-state index in [1.165, 1.54) is 0 Å². The Hall–Kier alpha value is -1.30. The lowest BCUT2D eigenvalue weighted by Crippen LogP contribution is -2.16. The van der Waals surface area contributed by atoms with Gasteiger partial charge in [-0.05, 0) is 40.4 Å². The summed E-state index contributed by atoms with van der Waals surface area (Å²) in [5, 5.41) is 8.56. The van der Waals surface area contributed by atoms with Crippen molar-refractivity contribution in [1.29, 1.82) is 0 Å². The van der Waals surface area contributed by atoms with E-state index in [1.54, 1.807) is 6.07 Å². The van der Waals surface area contributed by atoms with Crippen molar-refractivity contribution in [2.24, 2.45) is 0 Å². The molecule has 1 aliphatic rings. The summed E-state index contributed by atoms with van der Waals surface area (Å²) in [6.45, 7) is 0.822. The topological polar surface area (TPSA) is 55.8 Å². The van der Waals surface area contributed by atoms with Crippen molar-refractivity contribution in [1.82, 2.24) is 0 Å². The molecule has 0 spiro atoms. The number of carboxylic acids is 1. The summed E-state index contributed by atoms with van der Waals surface area (Å²) in [6, 6.07) is 1.58. The number of aliphatic carboxylic acids is 1. The van der Waals surface area contributed by atoms with E-state index in [0.29, 0.717) is 43.1 Å². The van der Waals surface area contributed by atoms with Crippen LogP contribution in [0.3, 0.4) is 0 Å². The largest absolute Gasteiger partial charge is 0.486 e. The molecule has 2 rings (SSSR count). The molecule has 1 aliphatic heterocycles. The van der Waals surface area contributed by atoms with Crippen LogP contribution in [0.25, 0.3) is 0 Å². The third-order valence-corrected chi connectivity index (χ3v) is 3.34. The molecular weight excluding hydrogens is 307 g/mol. The van der Waals surface area contributed by atoms with Crippen LogP contribution in [0, 0.1) is 5.82 Å². The molecule has 0 unspecified atom stereocenters. The summed E-state index contributed by atoms with van der Waals surface area (Å²) < 4.78 is 24.9. The smallest absolute Gasteiger partial charge is 0.303 e. The second kappa shape index (κ2) is 5.56. The summed E-state index contributed by atoms with van der Waals surface area (Å²) >= 11 is 3.14. The highest BCUT2D eigenvalue weighted by Gasteiger charge is 2.21. The molecule has 0 fully saturated rings. The highest BCUT2D eigenvalue weighted by atomic mass is 79.9. The Kier molecular flexibility index (Phi) is 4.06. The maximum Gasteiger partial charge on any atom is 0.303 e. The molecule has 6 heteroatoms. The van der Waals surface area contributed by atoms with E-state index in [0.717, 1.165) is 0 Å². The lowest BCUT2D eigenvalue weighted by Gasteiger charge is -2.21. The van der Waals surface area contributed by atoms with Crippen LogP contribution in [0.2, 0.25) is 0 Å². The second-order valence-corrected chi connectivity index (χ2v) is 4.73. The number of benzene rings is 1. The minimum absolute atomic E-state index is 0.0193. The molecule has 1 N–H and O–H groups in total. The maximum absolute atomic E-state index is 14.0. The van der Waals surface area contributed by atoms with Crippen LogP contribution in [-0.2, 0) is 11.2 Å². The first-order valence-corrected chi connectivity index (χ1v) is 6.37. The van der Waals surface area contributed by atoms with Gasteiger partial charge in [0.1, 0.15) is 19.0 Å². The molecule has 0 amide bonds. The second-order valence-electron chi connectivity index (χ2n) is 3.94. The van der Waals surface area contributed by atoms with Gasteiger partial charge in [-0.25, -0.2) is 4.39 Å². The average molecular weight is 319 g/mol. The van der Waals surface area contributed by atoms with Gasteiger partial charge in [-0.3, -0.25) is 4.79 Å². The van der Waals surface area contributed by atoms with E-state index in [-0.39, 0.29) is 10.9 Å². The van der Waals surface area contributed by atoms with Crippen LogP contribution in [-0.4, -0.2) is 24.3 Å². The van der Waals surface area contributed by atoms with Gasteiger partial charge in [-0.1, -0.05) is 0 Å². The van der Waals surface area contributed by atoms with E-state index >= 15 is 0 Å². The summed E-state index contributed by atoms with van der Waals surface area (Å²) in [7, 11) is 0. The molecule has 0 saturated carbocycles. The number of aryl methyl sites for hydroxylation is 1. The first-order valence-electron chi connectivity index (χ1n) is 5.58. The number of rotatable bonds is 4. The van der Waals surface area contributed by atoms with Crippen molar-refractivity contribution in [3.05, 3.63) is 21.9 Å². The predicted octanol–water partition coefficient (Wildman–Crippen LogP) is 2.77. The fourth-order valence-electron chi connectivity index (χ4n) is 1.78. The number of carboxylic acid groups (broad SMARTS) is 1. The standard InChI is InChI=1S/C12H12BrFO4/c13-10-11(14)7(2-1-3-9(15)16)6-8-12(10)18-5-4-17-8/h6H,1-5H2,(H,15,16). The van der Waals surface area contributed by atoms with Gasteiger partial charge in [0.25, 0.3) is 0 Å². The van der Waals surface area contributed by atoms with Gasteiger partial charge in [0.05, 0.1) is 4.47 Å². The zero-order valence-corrected chi connectivity index (χ0v) is 11.1. The van der Waals surface area contributed by atoms with Crippen molar-refractivity contribution >= 4 is 21.9 Å². The summed E-state index contributed by atoms with van der Waals surface area (Å²) in [4.78, 5) is 10.4. The van der Waals surface area contributed by atoms with Gasteiger partial charge in [-0.15, -0.1) is 0 Å². The number of fused-ring (bicyclic) bond motifs is 1. The number of halogens is 2. The number of ether oxygens (including phenoxy) is 2. The maximum atomic E-state index is 14.0. The Balaban J connectivity index is 2.20. The molecule has 0 saturated heterocycles. The zero-order valence-electron chi connectivity index (χ0n) is 9.54. The van der Waals surface area contributed by atoms with Gasteiger partial charge < -0.3 is 14.6 Å². The van der Waals surface area contributed by atoms with E-state index in [2.05, 4.69) is 15.9 Å². The van der Waals surface area contributed by atoms with Crippen LogP contribution in [0.15, 0.2) is 10.5 Å². The fraction of sp³-hybridized carbons (Fsp3) is 0.417. The number of carbonyl (C=O) groups is 1. The Morgan fingerprint density at radius 1 is 1.44 bits per heavy atom. The van der Waals surface area contributed by atoms with Crippen molar-refractivity contribution in [2.45, 2.75) is 19.3 Å². The number of hydrogen-bond acceptors (Lipinski definition) is 3. The Morgan fingerprint density at radius 2 is 2.17 bits per heavy atom. The van der Waals surface area contributed by atoms with Gasteiger partial charge >= 0.3 is 5.97 Å². The summed E-state index contributed by atoms with van der Waals surface area (Å²) in [6.07, 6.45) is 0.761. The van der Waals surface area contributed by atoms with Crippen LogP contribution >= 0.6 is 15.9 Å².